The molecule has 128 valence electrons. The number of carbonyl (C=O) groups is 1. The number of likely N-dealkylation sites (N-methyl/N-ethyl adjacent to an activating group) is 2. The zero-order chi connectivity index (χ0) is 16.1. The van der Waals surface area contributed by atoms with Gasteiger partial charge in [0.25, 0.3) is 0 Å². The molecule has 0 saturated carbocycles. The molecule has 2 aliphatic heterocycles. The number of likely N-dealkylation sites (tertiary alicyclic amines) is 2. The first-order chi connectivity index (χ1) is 10.5. The fraction of sp³-hybridized carbons (Fsp3) is 0.938. The maximum absolute atomic E-state index is 12.7. The second-order valence-electron chi connectivity index (χ2n) is 6.75. The number of carbonyl (C=O) groups excluding carboxylic acids is 1. The Bertz CT molecular complexity index is 357. The highest BCUT2D eigenvalue weighted by Gasteiger charge is 2.37. The van der Waals surface area contributed by atoms with Gasteiger partial charge in [-0.25, -0.2) is 0 Å². The smallest absolute Gasteiger partial charge is 0.240 e. The van der Waals surface area contributed by atoms with Gasteiger partial charge in [-0.2, -0.15) is 0 Å². The standard InChI is InChI=1S/C16H31N3O3/c1-17(2)9-10-22-13-5-7-19(8-6-13)16(20)15-11-14(21-4)12-18(15)3/h13-15H,5-12H2,1-4H3/t14-,15-/m0/s1. The minimum atomic E-state index is -0.0174. The lowest BCUT2D eigenvalue weighted by atomic mass is 10.1. The Balaban J connectivity index is 1.73. The Morgan fingerprint density at radius 1 is 1.23 bits per heavy atom. The fourth-order valence-corrected chi connectivity index (χ4v) is 3.27. The van der Waals surface area contributed by atoms with Gasteiger partial charge in [0, 0.05) is 33.3 Å². The molecule has 0 unspecified atom stereocenters. The Labute approximate surface area is 134 Å². The summed E-state index contributed by atoms with van der Waals surface area (Å²) in [4.78, 5) is 18.9. The van der Waals surface area contributed by atoms with Crippen LogP contribution in [0.5, 0.6) is 0 Å². The molecule has 6 nitrogen and oxygen atoms in total. The first kappa shape index (κ1) is 17.7. The van der Waals surface area contributed by atoms with Crippen LogP contribution in [0.4, 0.5) is 0 Å². The molecule has 0 spiro atoms. The Kier molecular flexibility index (Phi) is 6.62. The molecule has 0 aromatic rings. The van der Waals surface area contributed by atoms with Crippen molar-refractivity contribution in [3.8, 4) is 0 Å². The molecule has 2 heterocycles. The lowest BCUT2D eigenvalue weighted by molar-refractivity contribution is -0.138. The van der Waals surface area contributed by atoms with E-state index in [1.165, 1.54) is 0 Å². The second-order valence-corrected chi connectivity index (χ2v) is 6.75. The SMILES string of the molecule is CO[C@H]1C[C@@H](C(=O)N2CCC(OCCN(C)C)CC2)N(C)C1. The van der Waals surface area contributed by atoms with E-state index < -0.39 is 0 Å². The van der Waals surface area contributed by atoms with Crippen molar-refractivity contribution in [3.05, 3.63) is 0 Å². The average Bonchev–Trinajstić information content (AvgIpc) is 2.88. The highest BCUT2D eigenvalue weighted by atomic mass is 16.5. The van der Waals surface area contributed by atoms with Crippen LogP contribution in [0.2, 0.25) is 0 Å². The molecule has 0 N–H and O–H groups in total. The molecular formula is C16H31N3O3. The Morgan fingerprint density at radius 3 is 2.45 bits per heavy atom. The van der Waals surface area contributed by atoms with E-state index in [4.69, 9.17) is 9.47 Å². The normalized spacial score (nSPS) is 27.8. The summed E-state index contributed by atoms with van der Waals surface area (Å²) in [5, 5.41) is 0. The highest BCUT2D eigenvalue weighted by Crippen LogP contribution is 2.22. The van der Waals surface area contributed by atoms with Gasteiger partial charge in [-0.1, -0.05) is 0 Å². The predicted molar refractivity (Wildman–Crippen MR) is 85.9 cm³/mol. The van der Waals surface area contributed by atoms with Crippen molar-refractivity contribution in [1.29, 1.82) is 0 Å². The van der Waals surface area contributed by atoms with Crippen molar-refractivity contribution in [2.45, 2.75) is 37.5 Å². The zero-order valence-corrected chi connectivity index (χ0v) is 14.5. The van der Waals surface area contributed by atoms with Crippen molar-refractivity contribution in [2.75, 3.05) is 61.0 Å². The van der Waals surface area contributed by atoms with Crippen LogP contribution < -0.4 is 0 Å². The van der Waals surface area contributed by atoms with E-state index in [2.05, 4.69) is 23.9 Å². The lowest BCUT2D eigenvalue weighted by Gasteiger charge is -2.34. The third-order valence-electron chi connectivity index (χ3n) is 4.77. The minimum Gasteiger partial charge on any atom is -0.380 e. The van der Waals surface area contributed by atoms with Crippen molar-refractivity contribution in [1.82, 2.24) is 14.7 Å². The van der Waals surface area contributed by atoms with Crippen LogP contribution in [0.25, 0.3) is 0 Å². The van der Waals surface area contributed by atoms with Gasteiger partial charge in [0.1, 0.15) is 0 Å². The fourth-order valence-electron chi connectivity index (χ4n) is 3.27. The van der Waals surface area contributed by atoms with Gasteiger partial charge < -0.3 is 19.3 Å². The summed E-state index contributed by atoms with van der Waals surface area (Å²) in [5.41, 5.74) is 0. The summed E-state index contributed by atoms with van der Waals surface area (Å²) in [6.45, 7) is 4.19. The molecular weight excluding hydrogens is 282 g/mol. The van der Waals surface area contributed by atoms with Gasteiger partial charge in [-0.05, 0) is 40.4 Å². The summed E-state index contributed by atoms with van der Waals surface area (Å²) in [7, 11) is 7.84. The monoisotopic (exact) mass is 313 g/mol. The topological polar surface area (TPSA) is 45.2 Å². The largest absolute Gasteiger partial charge is 0.380 e. The van der Waals surface area contributed by atoms with Crippen LogP contribution in [-0.4, -0.2) is 99.9 Å². The molecule has 0 aromatic heterocycles. The van der Waals surface area contributed by atoms with Crippen LogP contribution in [0.15, 0.2) is 0 Å². The van der Waals surface area contributed by atoms with Crippen molar-refractivity contribution in [3.63, 3.8) is 0 Å². The molecule has 2 fully saturated rings. The molecule has 6 heteroatoms. The first-order valence-electron chi connectivity index (χ1n) is 8.29. The van der Waals surface area contributed by atoms with E-state index in [-0.39, 0.29) is 18.1 Å². The van der Waals surface area contributed by atoms with Gasteiger partial charge in [0.2, 0.25) is 5.91 Å². The quantitative estimate of drug-likeness (QED) is 0.705. The van der Waals surface area contributed by atoms with Gasteiger partial charge >= 0.3 is 0 Å². The van der Waals surface area contributed by atoms with Crippen LogP contribution in [-0.2, 0) is 14.3 Å². The van der Waals surface area contributed by atoms with E-state index in [0.717, 1.165) is 52.0 Å². The van der Waals surface area contributed by atoms with Gasteiger partial charge in [-0.15, -0.1) is 0 Å². The molecule has 0 radical (unpaired) electrons. The predicted octanol–water partition coefficient (Wildman–Crippen LogP) is 0.275. The second kappa shape index (κ2) is 8.24. The maximum atomic E-state index is 12.7. The summed E-state index contributed by atoms with van der Waals surface area (Å²) in [6.07, 6.45) is 3.19. The van der Waals surface area contributed by atoms with E-state index in [1.54, 1.807) is 7.11 Å². The third kappa shape index (κ3) is 4.65. The van der Waals surface area contributed by atoms with Crippen LogP contribution in [0, 0.1) is 0 Å². The van der Waals surface area contributed by atoms with Crippen LogP contribution in [0.1, 0.15) is 19.3 Å². The number of rotatable bonds is 6. The third-order valence-corrected chi connectivity index (χ3v) is 4.77. The maximum Gasteiger partial charge on any atom is 0.240 e. The van der Waals surface area contributed by atoms with Crippen molar-refractivity contribution >= 4 is 5.91 Å². The Hall–Kier alpha value is -0.690. The molecule has 2 saturated heterocycles. The van der Waals surface area contributed by atoms with Gasteiger partial charge in [0.15, 0.2) is 0 Å². The summed E-state index contributed by atoms with van der Waals surface area (Å²) < 4.78 is 11.3. The number of amides is 1. The molecule has 0 aliphatic carbocycles. The molecule has 2 aliphatic rings. The van der Waals surface area contributed by atoms with Crippen molar-refractivity contribution < 1.29 is 14.3 Å². The summed E-state index contributed by atoms with van der Waals surface area (Å²) in [6, 6.07) is -0.0174. The highest BCUT2D eigenvalue weighted by molar-refractivity contribution is 5.82. The van der Waals surface area contributed by atoms with Gasteiger partial charge in [-0.3, -0.25) is 9.69 Å². The number of nitrogens with zero attached hydrogens (tertiary/aromatic N) is 3. The van der Waals surface area contributed by atoms with E-state index in [1.807, 2.05) is 11.9 Å². The molecule has 0 bridgehead atoms. The Morgan fingerprint density at radius 2 is 1.91 bits per heavy atom. The molecule has 2 rings (SSSR count). The van der Waals surface area contributed by atoms with Crippen LogP contribution in [0.3, 0.4) is 0 Å². The molecule has 22 heavy (non-hydrogen) atoms. The van der Waals surface area contributed by atoms with Gasteiger partial charge in [0.05, 0.1) is 24.9 Å². The van der Waals surface area contributed by atoms with E-state index in [9.17, 15) is 4.79 Å². The van der Waals surface area contributed by atoms with E-state index in [0.29, 0.717) is 6.10 Å². The van der Waals surface area contributed by atoms with Crippen LogP contribution >= 0.6 is 0 Å². The molecule has 0 aromatic carbocycles. The average molecular weight is 313 g/mol. The zero-order valence-electron chi connectivity index (χ0n) is 14.5. The number of piperidine rings is 1. The minimum absolute atomic E-state index is 0.0174. The number of hydrogen-bond acceptors (Lipinski definition) is 5. The molecule has 1 amide bonds. The number of methoxy groups -OCH3 is 1. The summed E-state index contributed by atoms with van der Waals surface area (Å²) >= 11 is 0. The van der Waals surface area contributed by atoms with E-state index >= 15 is 0 Å². The first-order valence-corrected chi connectivity index (χ1v) is 8.29. The molecule has 2 atom stereocenters. The number of ether oxygens (including phenoxy) is 2. The van der Waals surface area contributed by atoms with Crippen molar-refractivity contribution in [2.24, 2.45) is 0 Å². The summed E-state index contributed by atoms with van der Waals surface area (Å²) in [5.74, 6) is 0.258. The number of hydrogen-bond donors (Lipinski definition) is 0. The lowest BCUT2D eigenvalue weighted by Crippen LogP contribution is -2.48.